The molecule has 0 aromatic rings. The zero-order chi connectivity index (χ0) is 5.28. The molecule has 0 unspecified atom stereocenters. The third-order valence-corrected chi connectivity index (χ3v) is 1.13. The summed E-state index contributed by atoms with van der Waals surface area (Å²) >= 11 is 0. The number of ether oxygens (including phenoxy) is 1. The molecule has 0 saturated carbocycles. The van der Waals surface area contributed by atoms with Crippen LogP contribution in [0.3, 0.4) is 0 Å². The summed E-state index contributed by atoms with van der Waals surface area (Å²) in [7, 11) is 0. The van der Waals surface area contributed by atoms with Crippen LogP contribution in [0.15, 0.2) is 12.3 Å². The molecule has 1 atom stereocenters. The van der Waals surface area contributed by atoms with Crippen molar-refractivity contribution in [3.63, 3.8) is 0 Å². The smallest absolute Gasteiger partial charge is 0.106 e. The Hall–Kier alpha value is -0.500. The molecule has 1 aliphatic rings. The van der Waals surface area contributed by atoms with Gasteiger partial charge in [-0.2, -0.15) is 0 Å². The van der Waals surface area contributed by atoms with Gasteiger partial charge in [0.25, 0.3) is 0 Å². The van der Waals surface area contributed by atoms with Crippen LogP contribution in [-0.4, -0.2) is 12.6 Å². The standard InChI is InChI=1S/C5H9NO/c1-4-5(6)2-3-7-4/h5H,1-3,6H2/t5-/m0/s1. The van der Waals surface area contributed by atoms with Crippen molar-refractivity contribution in [2.75, 3.05) is 6.61 Å². The Balaban J connectivity index is 2.48. The highest BCUT2D eigenvalue weighted by molar-refractivity contribution is 4.98. The fraction of sp³-hybridized carbons (Fsp3) is 0.600. The largest absolute Gasteiger partial charge is 0.497 e. The van der Waals surface area contributed by atoms with Crippen LogP contribution in [-0.2, 0) is 4.74 Å². The van der Waals surface area contributed by atoms with E-state index < -0.39 is 0 Å². The van der Waals surface area contributed by atoms with Crippen molar-refractivity contribution in [2.45, 2.75) is 12.5 Å². The van der Waals surface area contributed by atoms with Gasteiger partial charge in [-0.1, -0.05) is 6.58 Å². The molecule has 0 bridgehead atoms. The first-order chi connectivity index (χ1) is 3.30. The minimum absolute atomic E-state index is 0.0972. The van der Waals surface area contributed by atoms with Crippen molar-refractivity contribution in [3.05, 3.63) is 12.3 Å². The Morgan fingerprint density at radius 3 is 2.71 bits per heavy atom. The number of hydrogen-bond donors (Lipinski definition) is 1. The Kier molecular flexibility index (Phi) is 1.02. The minimum Gasteiger partial charge on any atom is -0.497 e. The summed E-state index contributed by atoms with van der Waals surface area (Å²) in [4.78, 5) is 0. The van der Waals surface area contributed by atoms with E-state index in [-0.39, 0.29) is 6.04 Å². The summed E-state index contributed by atoms with van der Waals surface area (Å²) in [5.74, 6) is 0.736. The fourth-order valence-corrected chi connectivity index (χ4v) is 0.585. The van der Waals surface area contributed by atoms with Crippen LogP contribution in [0, 0.1) is 0 Å². The van der Waals surface area contributed by atoms with Gasteiger partial charge in [0.15, 0.2) is 0 Å². The van der Waals surface area contributed by atoms with E-state index in [1.807, 2.05) is 0 Å². The Morgan fingerprint density at radius 1 is 1.86 bits per heavy atom. The van der Waals surface area contributed by atoms with E-state index >= 15 is 0 Å². The van der Waals surface area contributed by atoms with Crippen LogP contribution in [0.4, 0.5) is 0 Å². The van der Waals surface area contributed by atoms with Gasteiger partial charge in [0, 0.05) is 6.42 Å². The molecule has 2 heteroatoms. The SMILES string of the molecule is C=C1OCC[C@@H]1N. The van der Waals surface area contributed by atoms with Crippen LogP contribution in [0.1, 0.15) is 6.42 Å². The van der Waals surface area contributed by atoms with E-state index in [1.165, 1.54) is 0 Å². The summed E-state index contributed by atoms with van der Waals surface area (Å²) in [6, 6.07) is 0.0972. The van der Waals surface area contributed by atoms with E-state index in [1.54, 1.807) is 0 Å². The van der Waals surface area contributed by atoms with E-state index in [9.17, 15) is 0 Å². The van der Waals surface area contributed by atoms with Gasteiger partial charge in [-0.05, 0) is 0 Å². The van der Waals surface area contributed by atoms with Gasteiger partial charge in [-0.3, -0.25) is 0 Å². The molecule has 0 spiro atoms. The molecular formula is C5H9NO. The van der Waals surface area contributed by atoms with E-state index in [0.29, 0.717) is 0 Å². The molecule has 0 aromatic carbocycles. The van der Waals surface area contributed by atoms with Crippen molar-refractivity contribution in [1.82, 2.24) is 0 Å². The van der Waals surface area contributed by atoms with E-state index in [2.05, 4.69) is 6.58 Å². The van der Waals surface area contributed by atoms with Crippen LogP contribution in [0.25, 0.3) is 0 Å². The highest BCUT2D eigenvalue weighted by Gasteiger charge is 2.14. The summed E-state index contributed by atoms with van der Waals surface area (Å²) in [5.41, 5.74) is 5.45. The molecule has 1 rings (SSSR count). The van der Waals surface area contributed by atoms with Gasteiger partial charge in [-0.15, -0.1) is 0 Å². The molecule has 0 aromatic heterocycles. The molecule has 2 N–H and O–H groups in total. The van der Waals surface area contributed by atoms with Crippen LogP contribution >= 0.6 is 0 Å². The lowest BCUT2D eigenvalue weighted by molar-refractivity contribution is 0.263. The van der Waals surface area contributed by atoms with E-state index in [0.717, 1.165) is 18.8 Å². The average Bonchev–Trinajstić information content (AvgIpc) is 1.91. The van der Waals surface area contributed by atoms with E-state index in [4.69, 9.17) is 10.5 Å². The summed E-state index contributed by atoms with van der Waals surface area (Å²) in [5, 5.41) is 0. The Bertz CT molecular complexity index is 90.1. The number of rotatable bonds is 0. The third-order valence-electron chi connectivity index (χ3n) is 1.13. The second-order valence-electron chi connectivity index (χ2n) is 1.71. The van der Waals surface area contributed by atoms with Crippen molar-refractivity contribution in [2.24, 2.45) is 5.73 Å². The Labute approximate surface area is 43.0 Å². The minimum atomic E-state index is 0.0972. The van der Waals surface area contributed by atoms with Gasteiger partial charge in [0.2, 0.25) is 0 Å². The molecule has 1 heterocycles. The summed E-state index contributed by atoms with van der Waals surface area (Å²) < 4.78 is 4.95. The molecule has 40 valence electrons. The van der Waals surface area contributed by atoms with Gasteiger partial charge >= 0.3 is 0 Å². The van der Waals surface area contributed by atoms with Crippen LogP contribution < -0.4 is 5.73 Å². The molecule has 0 amide bonds. The predicted octanol–water partition coefficient (Wildman–Crippen LogP) is 0.248. The lowest BCUT2D eigenvalue weighted by Crippen LogP contribution is -2.16. The first-order valence-corrected chi connectivity index (χ1v) is 2.38. The van der Waals surface area contributed by atoms with Crippen molar-refractivity contribution < 1.29 is 4.74 Å². The highest BCUT2D eigenvalue weighted by Crippen LogP contribution is 2.11. The molecule has 0 aliphatic carbocycles. The average molecular weight is 99.1 g/mol. The second kappa shape index (κ2) is 1.54. The first kappa shape index (κ1) is 4.65. The normalized spacial score (nSPS) is 30.4. The Morgan fingerprint density at radius 2 is 2.57 bits per heavy atom. The maximum Gasteiger partial charge on any atom is 0.106 e. The van der Waals surface area contributed by atoms with Gasteiger partial charge in [0.1, 0.15) is 5.76 Å². The molecule has 0 radical (unpaired) electrons. The molecule has 2 nitrogen and oxygen atoms in total. The fourth-order valence-electron chi connectivity index (χ4n) is 0.585. The van der Waals surface area contributed by atoms with Gasteiger partial charge < -0.3 is 10.5 Å². The lowest BCUT2D eigenvalue weighted by Gasteiger charge is -1.96. The van der Waals surface area contributed by atoms with Gasteiger partial charge in [0.05, 0.1) is 12.6 Å². The zero-order valence-corrected chi connectivity index (χ0v) is 4.18. The lowest BCUT2D eigenvalue weighted by atomic mass is 10.2. The highest BCUT2D eigenvalue weighted by atomic mass is 16.5. The van der Waals surface area contributed by atoms with Crippen LogP contribution in [0.2, 0.25) is 0 Å². The molecule has 1 aliphatic heterocycles. The number of nitrogens with two attached hydrogens (primary N) is 1. The van der Waals surface area contributed by atoms with Crippen molar-refractivity contribution in [1.29, 1.82) is 0 Å². The third kappa shape index (κ3) is 0.747. The van der Waals surface area contributed by atoms with Crippen molar-refractivity contribution >= 4 is 0 Å². The first-order valence-electron chi connectivity index (χ1n) is 2.38. The maximum atomic E-state index is 5.45. The zero-order valence-electron chi connectivity index (χ0n) is 4.18. The van der Waals surface area contributed by atoms with Crippen LogP contribution in [0.5, 0.6) is 0 Å². The molecule has 1 fully saturated rings. The molecule has 1 saturated heterocycles. The molecule has 7 heavy (non-hydrogen) atoms. The second-order valence-corrected chi connectivity index (χ2v) is 1.71. The predicted molar refractivity (Wildman–Crippen MR) is 27.7 cm³/mol. The van der Waals surface area contributed by atoms with Crippen molar-refractivity contribution in [3.8, 4) is 0 Å². The quantitative estimate of drug-likeness (QED) is 0.472. The summed E-state index contributed by atoms with van der Waals surface area (Å²) in [6.07, 6.45) is 0.929. The van der Waals surface area contributed by atoms with Gasteiger partial charge in [-0.25, -0.2) is 0 Å². The maximum absolute atomic E-state index is 5.45. The molecular weight excluding hydrogens is 90.1 g/mol. The topological polar surface area (TPSA) is 35.2 Å². The monoisotopic (exact) mass is 99.1 g/mol. The summed E-state index contributed by atoms with van der Waals surface area (Å²) in [6.45, 7) is 4.34. The number of hydrogen-bond acceptors (Lipinski definition) is 2.